The van der Waals surface area contributed by atoms with Gasteiger partial charge in [0.25, 0.3) is 11.5 Å². The molecule has 1 heterocycles. The van der Waals surface area contributed by atoms with Crippen molar-refractivity contribution >= 4 is 12.0 Å². The number of H-pyrrole nitrogens is 1. The van der Waals surface area contributed by atoms with Gasteiger partial charge in [-0.2, -0.15) is 0 Å². The van der Waals surface area contributed by atoms with Gasteiger partial charge in [0.05, 0.1) is 19.3 Å². The molecule has 0 aliphatic heterocycles. The summed E-state index contributed by atoms with van der Waals surface area (Å²) in [4.78, 5) is 48.2. The summed E-state index contributed by atoms with van der Waals surface area (Å²) < 4.78 is 5.57. The number of rotatable bonds is 5. The number of hydrogen-bond donors (Lipinski definition) is 3. The molecule has 0 radical (unpaired) electrons. The molecule has 0 unspecified atom stereocenters. The first kappa shape index (κ1) is 16.6. The average molecular weight is 299 g/mol. The maximum Gasteiger partial charge on any atom is 0.414 e. The number of alkyl carbamates (subject to hydrolysis) is 1. The van der Waals surface area contributed by atoms with Crippen LogP contribution in [0.15, 0.2) is 15.8 Å². The predicted octanol–water partition coefficient (Wildman–Crippen LogP) is -0.634. The van der Waals surface area contributed by atoms with E-state index in [2.05, 4.69) is 4.74 Å². The SMILES string of the molecule is CCOC(=O)NC(=O)c1cn([C@@H](CC)CO)c(=O)[nH]c1=O. The molecule has 3 N–H and O–H groups in total. The summed E-state index contributed by atoms with van der Waals surface area (Å²) in [7, 11) is 0. The molecule has 0 fully saturated rings. The first-order chi connectivity index (χ1) is 9.94. The summed E-state index contributed by atoms with van der Waals surface area (Å²) >= 11 is 0. The van der Waals surface area contributed by atoms with Crippen LogP contribution in [-0.4, -0.2) is 39.9 Å². The van der Waals surface area contributed by atoms with Crippen molar-refractivity contribution in [3.63, 3.8) is 0 Å². The third kappa shape index (κ3) is 4.02. The van der Waals surface area contributed by atoms with Crippen LogP contribution >= 0.6 is 0 Å². The molecule has 0 saturated carbocycles. The van der Waals surface area contributed by atoms with Crippen molar-refractivity contribution in [1.82, 2.24) is 14.9 Å². The van der Waals surface area contributed by atoms with Crippen LogP contribution in [0.1, 0.15) is 36.7 Å². The third-order valence-corrected chi connectivity index (χ3v) is 2.78. The van der Waals surface area contributed by atoms with Crippen molar-refractivity contribution in [3.8, 4) is 0 Å². The van der Waals surface area contributed by atoms with E-state index in [1.54, 1.807) is 13.8 Å². The summed E-state index contributed by atoms with van der Waals surface area (Å²) in [6, 6.07) is -0.580. The van der Waals surface area contributed by atoms with Crippen LogP contribution in [0, 0.1) is 0 Å². The standard InChI is InChI=1S/C12H17N3O6/c1-3-7(6-16)15-5-8(9(17)13-11(15)19)10(18)14-12(20)21-4-2/h5,7,16H,3-4,6H2,1-2H3,(H,13,17,19)(H,14,18,20)/t7-/m0/s1. The highest BCUT2D eigenvalue weighted by Gasteiger charge is 2.18. The molecule has 0 saturated heterocycles. The zero-order valence-electron chi connectivity index (χ0n) is 11.7. The summed E-state index contributed by atoms with van der Waals surface area (Å²) in [6.45, 7) is 3.03. The van der Waals surface area contributed by atoms with E-state index in [1.165, 1.54) is 0 Å². The van der Waals surface area contributed by atoms with Gasteiger partial charge in [-0.15, -0.1) is 0 Å². The Morgan fingerprint density at radius 2 is 2.10 bits per heavy atom. The minimum atomic E-state index is -0.992. The fraction of sp³-hybridized carbons (Fsp3) is 0.500. The average Bonchev–Trinajstić information content (AvgIpc) is 2.42. The molecular weight excluding hydrogens is 282 g/mol. The van der Waals surface area contributed by atoms with Crippen LogP contribution in [-0.2, 0) is 4.74 Å². The molecule has 0 aliphatic carbocycles. The minimum Gasteiger partial charge on any atom is -0.450 e. The van der Waals surface area contributed by atoms with Crippen molar-refractivity contribution in [2.45, 2.75) is 26.3 Å². The fourth-order valence-electron chi connectivity index (χ4n) is 1.66. The Morgan fingerprint density at radius 1 is 1.43 bits per heavy atom. The van der Waals surface area contributed by atoms with Gasteiger partial charge in [0.1, 0.15) is 5.56 Å². The summed E-state index contributed by atoms with van der Waals surface area (Å²) in [6.07, 6.45) is 0.440. The van der Waals surface area contributed by atoms with E-state index in [1.807, 2.05) is 10.3 Å². The van der Waals surface area contributed by atoms with Crippen molar-refractivity contribution in [2.75, 3.05) is 13.2 Å². The Hall–Kier alpha value is -2.42. The molecule has 116 valence electrons. The molecule has 21 heavy (non-hydrogen) atoms. The number of aliphatic hydroxyl groups is 1. The van der Waals surface area contributed by atoms with Crippen molar-refractivity contribution in [1.29, 1.82) is 0 Å². The quantitative estimate of drug-likeness (QED) is 0.663. The second kappa shape index (κ2) is 7.39. The van der Waals surface area contributed by atoms with Gasteiger partial charge in [-0.1, -0.05) is 6.92 Å². The third-order valence-electron chi connectivity index (χ3n) is 2.78. The lowest BCUT2D eigenvalue weighted by Gasteiger charge is -2.15. The van der Waals surface area contributed by atoms with Crippen LogP contribution in [0.5, 0.6) is 0 Å². The lowest BCUT2D eigenvalue weighted by Crippen LogP contribution is -2.40. The highest BCUT2D eigenvalue weighted by Crippen LogP contribution is 2.06. The smallest absolute Gasteiger partial charge is 0.414 e. The van der Waals surface area contributed by atoms with E-state index in [4.69, 9.17) is 0 Å². The highest BCUT2D eigenvalue weighted by atomic mass is 16.5. The van der Waals surface area contributed by atoms with Gasteiger partial charge in [0.2, 0.25) is 0 Å². The van der Waals surface area contributed by atoms with Gasteiger partial charge in [0.15, 0.2) is 0 Å². The molecule has 1 rings (SSSR count). The van der Waals surface area contributed by atoms with Crippen molar-refractivity contribution in [2.24, 2.45) is 0 Å². The number of carbonyl (C=O) groups is 2. The van der Waals surface area contributed by atoms with Crippen LogP contribution in [0.3, 0.4) is 0 Å². The molecule has 0 aromatic carbocycles. The van der Waals surface area contributed by atoms with Crippen molar-refractivity contribution in [3.05, 3.63) is 32.6 Å². The second-order valence-electron chi connectivity index (χ2n) is 4.13. The van der Waals surface area contributed by atoms with Gasteiger partial charge in [0, 0.05) is 6.20 Å². The number of imide groups is 1. The van der Waals surface area contributed by atoms with E-state index in [0.29, 0.717) is 6.42 Å². The highest BCUT2D eigenvalue weighted by molar-refractivity contribution is 6.02. The molecule has 9 heteroatoms. The number of aromatic amines is 1. The zero-order valence-corrected chi connectivity index (χ0v) is 11.7. The summed E-state index contributed by atoms with van der Waals surface area (Å²) in [5.41, 5.74) is -2.09. The van der Waals surface area contributed by atoms with E-state index < -0.39 is 34.9 Å². The molecule has 2 amide bonds. The van der Waals surface area contributed by atoms with Gasteiger partial charge in [-0.05, 0) is 13.3 Å². The van der Waals surface area contributed by atoms with E-state index in [0.717, 1.165) is 10.8 Å². The molecule has 1 atom stereocenters. The predicted molar refractivity (Wildman–Crippen MR) is 72.2 cm³/mol. The lowest BCUT2D eigenvalue weighted by molar-refractivity contribution is 0.0921. The Kier molecular flexibility index (Phi) is 5.85. The number of carbonyl (C=O) groups excluding carboxylic acids is 2. The molecular formula is C12H17N3O6. The number of nitrogens with one attached hydrogen (secondary N) is 2. The fourth-order valence-corrected chi connectivity index (χ4v) is 1.66. The maximum absolute atomic E-state index is 11.8. The van der Waals surface area contributed by atoms with E-state index in [9.17, 15) is 24.3 Å². The number of nitrogens with zero attached hydrogens (tertiary/aromatic N) is 1. The largest absolute Gasteiger partial charge is 0.450 e. The number of aromatic nitrogens is 2. The number of ether oxygens (including phenoxy) is 1. The van der Waals surface area contributed by atoms with Gasteiger partial charge in [-0.25, -0.2) is 9.59 Å². The molecule has 1 aromatic heterocycles. The number of aliphatic hydroxyl groups excluding tert-OH is 1. The van der Waals surface area contributed by atoms with Gasteiger partial charge in [-0.3, -0.25) is 24.5 Å². The summed E-state index contributed by atoms with van der Waals surface area (Å²) in [5.74, 6) is -0.990. The summed E-state index contributed by atoms with van der Waals surface area (Å²) in [5, 5.41) is 11.1. The van der Waals surface area contributed by atoms with Crippen LogP contribution < -0.4 is 16.6 Å². The number of hydrogen-bond acceptors (Lipinski definition) is 6. The molecule has 1 aromatic rings. The normalized spacial score (nSPS) is 11.8. The van der Waals surface area contributed by atoms with E-state index in [-0.39, 0.29) is 13.2 Å². The molecule has 0 bridgehead atoms. The Bertz CT molecular complexity index is 629. The Balaban J connectivity index is 3.16. The first-order valence-electron chi connectivity index (χ1n) is 6.38. The number of amides is 2. The Morgan fingerprint density at radius 3 is 2.62 bits per heavy atom. The molecule has 0 aliphatic rings. The van der Waals surface area contributed by atoms with Gasteiger partial charge < -0.3 is 9.84 Å². The van der Waals surface area contributed by atoms with E-state index >= 15 is 0 Å². The van der Waals surface area contributed by atoms with Crippen LogP contribution in [0.25, 0.3) is 0 Å². The first-order valence-corrected chi connectivity index (χ1v) is 6.38. The molecule has 9 nitrogen and oxygen atoms in total. The van der Waals surface area contributed by atoms with Crippen LogP contribution in [0.4, 0.5) is 4.79 Å². The monoisotopic (exact) mass is 299 g/mol. The minimum absolute atomic E-state index is 0.0669. The zero-order chi connectivity index (χ0) is 16.0. The second-order valence-corrected chi connectivity index (χ2v) is 4.13. The van der Waals surface area contributed by atoms with Gasteiger partial charge >= 0.3 is 11.8 Å². The lowest BCUT2D eigenvalue weighted by atomic mass is 10.2. The molecule has 0 spiro atoms. The Labute approximate surface area is 119 Å². The topological polar surface area (TPSA) is 130 Å². The van der Waals surface area contributed by atoms with Crippen molar-refractivity contribution < 1.29 is 19.4 Å². The maximum atomic E-state index is 11.8. The van der Waals surface area contributed by atoms with Crippen LogP contribution in [0.2, 0.25) is 0 Å².